The van der Waals surface area contributed by atoms with Crippen molar-refractivity contribution in [1.29, 1.82) is 0 Å². The first-order chi connectivity index (χ1) is 16.0. The highest BCUT2D eigenvalue weighted by Gasteiger charge is 2.22. The summed E-state index contributed by atoms with van der Waals surface area (Å²) in [5.41, 5.74) is 2.67. The van der Waals surface area contributed by atoms with E-state index in [2.05, 4.69) is 26.2 Å². The molecule has 0 saturated carbocycles. The summed E-state index contributed by atoms with van der Waals surface area (Å²) in [6, 6.07) is 22.4. The molecule has 2 N–H and O–H groups in total. The molecule has 0 saturated heterocycles. The van der Waals surface area contributed by atoms with Crippen LogP contribution in [0.5, 0.6) is 0 Å². The second-order valence-electron chi connectivity index (χ2n) is 7.42. The van der Waals surface area contributed by atoms with Crippen molar-refractivity contribution < 1.29 is 9.59 Å². The van der Waals surface area contributed by atoms with Gasteiger partial charge in [-0.3, -0.25) is 9.59 Å². The summed E-state index contributed by atoms with van der Waals surface area (Å²) in [6.45, 7) is 0. The van der Waals surface area contributed by atoms with E-state index in [1.165, 1.54) is 0 Å². The summed E-state index contributed by atoms with van der Waals surface area (Å²) < 4.78 is 1.55. The third kappa shape index (κ3) is 5.61. The average molecular weight is 461 g/mol. The van der Waals surface area contributed by atoms with Crippen molar-refractivity contribution in [3.8, 4) is 11.4 Å². The van der Waals surface area contributed by atoms with Crippen LogP contribution in [0.3, 0.4) is 0 Å². The molecule has 2 amide bonds. The topological polar surface area (TPSA) is 102 Å². The fourth-order valence-corrected chi connectivity index (χ4v) is 3.47. The molecule has 1 aromatic heterocycles. The van der Waals surface area contributed by atoms with Crippen molar-refractivity contribution in [2.24, 2.45) is 7.05 Å². The van der Waals surface area contributed by atoms with Gasteiger partial charge in [-0.25, -0.2) is 4.68 Å². The number of carbonyl (C=O) groups excluding carboxylic acids is 2. The van der Waals surface area contributed by atoms with E-state index in [1.54, 1.807) is 54.2 Å². The van der Waals surface area contributed by atoms with Crippen LogP contribution < -0.4 is 10.6 Å². The molecule has 0 aliphatic rings. The van der Waals surface area contributed by atoms with Gasteiger partial charge in [0, 0.05) is 35.3 Å². The molecule has 1 atom stereocenters. The summed E-state index contributed by atoms with van der Waals surface area (Å²) >= 11 is 5.92. The van der Waals surface area contributed by atoms with E-state index in [4.69, 9.17) is 11.6 Å². The molecule has 1 heterocycles. The summed E-state index contributed by atoms with van der Waals surface area (Å²) in [4.78, 5) is 26.0. The molecule has 9 heteroatoms. The lowest BCUT2D eigenvalue weighted by atomic mass is 10.0. The Hall–Kier alpha value is -4.04. The molecular formula is C24H21ClN6O2. The highest BCUT2D eigenvalue weighted by Crippen LogP contribution is 2.20. The molecule has 4 aromatic rings. The van der Waals surface area contributed by atoms with Crippen molar-refractivity contribution in [1.82, 2.24) is 25.5 Å². The van der Waals surface area contributed by atoms with Crippen LogP contribution in [-0.2, 0) is 18.3 Å². The highest BCUT2D eigenvalue weighted by molar-refractivity contribution is 6.30. The van der Waals surface area contributed by atoms with E-state index >= 15 is 0 Å². The molecule has 0 aliphatic heterocycles. The lowest BCUT2D eigenvalue weighted by Crippen LogP contribution is -2.45. The largest absolute Gasteiger partial charge is 0.340 e. The second-order valence-corrected chi connectivity index (χ2v) is 7.86. The summed E-state index contributed by atoms with van der Waals surface area (Å²) in [7, 11) is 1.74. The van der Waals surface area contributed by atoms with Gasteiger partial charge in [-0.2, -0.15) is 0 Å². The maximum atomic E-state index is 13.2. The number of hydrogen-bond donors (Lipinski definition) is 2. The molecule has 0 radical (unpaired) electrons. The van der Waals surface area contributed by atoms with E-state index in [-0.39, 0.29) is 11.8 Å². The van der Waals surface area contributed by atoms with Gasteiger partial charge in [0.05, 0.1) is 0 Å². The minimum Gasteiger partial charge on any atom is -0.340 e. The summed E-state index contributed by atoms with van der Waals surface area (Å²) in [6.07, 6.45) is 0.332. The number of anilines is 1. The van der Waals surface area contributed by atoms with Crippen molar-refractivity contribution in [2.75, 3.05) is 5.32 Å². The molecule has 3 aromatic carbocycles. The number of aryl methyl sites for hydroxylation is 1. The number of nitrogens with one attached hydrogen (secondary N) is 2. The Labute approximate surface area is 195 Å². The van der Waals surface area contributed by atoms with E-state index in [0.29, 0.717) is 28.5 Å². The first kappa shape index (κ1) is 22.2. The van der Waals surface area contributed by atoms with Gasteiger partial charge in [0.2, 0.25) is 5.91 Å². The van der Waals surface area contributed by atoms with Gasteiger partial charge in [0.25, 0.3) is 5.91 Å². The van der Waals surface area contributed by atoms with Crippen LogP contribution >= 0.6 is 11.6 Å². The zero-order valence-electron chi connectivity index (χ0n) is 17.8. The number of amides is 2. The molecular weight excluding hydrogens is 440 g/mol. The molecule has 0 aliphatic carbocycles. The fourth-order valence-electron chi connectivity index (χ4n) is 3.34. The van der Waals surface area contributed by atoms with E-state index in [1.807, 2.05) is 36.4 Å². The van der Waals surface area contributed by atoms with Crippen LogP contribution in [0.15, 0.2) is 78.9 Å². The number of halogens is 1. The Morgan fingerprint density at radius 3 is 2.45 bits per heavy atom. The van der Waals surface area contributed by atoms with Gasteiger partial charge in [-0.1, -0.05) is 54.1 Å². The highest BCUT2D eigenvalue weighted by atomic mass is 35.5. The van der Waals surface area contributed by atoms with E-state index in [9.17, 15) is 9.59 Å². The molecule has 33 heavy (non-hydrogen) atoms. The van der Waals surface area contributed by atoms with Gasteiger partial charge >= 0.3 is 0 Å². The smallest absolute Gasteiger partial charge is 0.251 e. The minimum atomic E-state index is -0.796. The average Bonchev–Trinajstić information content (AvgIpc) is 3.25. The molecule has 166 valence electrons. The number of hydrogen-bond acceptors (Lipinski definition) is 5. The predicted molar refractivity (Wildman–Crippen MR) is 126 cm³/mol. The number of rotatable bonds is 7. The minimum absolute atomic E-state index is 0.332. The van der Waals surface area contributed by atoms with Crippen molar-refractivity contribution in [3.63, 3.8) is 0 Å². The van der Waals surface area contributed by atoms with Gasteiger partial charge < -0.3 is 10.6 Å². The van der Waals surface area contributed by atoms with E-state index in [0.717, 1.165) is 11.1 Å². The van der Waals surface area contributed by atoms with Crippen molar-refractivity contribution in [3.05, 3.63) is 95.0 Å². The number of carbonyl (C=O) groups is 2. The zero-order valence-corrected chi connectivity index (χ0v) is 18.5. The summed E-state index contributed by atoms with van der Waals surface area (Å²) in [5, 5.41) is 17.8. The maximum absolute atomic E-state index is 13.2. The van der Waals surface area contributed by atoms with Crippen molar-refractivity contribution >= 4 is 29.1 Å². The molecule has 8 nitrogen and oxygen atoms in total. The Morgan fingerprint density at radius 1 is 1.00 bits per heavy atom. The monoisotopic (exact) mass is 460 g/mol. The molecule has 1 unspecified atom stereocenters. The Bertz CT molecular complexity index is 1260. The Balaban J connectivity index is 1.54. The van der Waals surface area contributed by atoms with Gasteiger partial charge in [0.1, 0.15) is 6.04 Å². The zero-order chi connectivity index (χ0) is 23.2. The van der Waals surface area contributed by atoms with Crippen molar-refractivity contribution in [2.45, 2.75) is 12.5 Å². The van der Waals surface area contributed by atoms with Crippen LogP contribution in [-0.4, -0.2) is 38.1 Å². The van der Waals surface area contributed by atoms with Crippen LogP contribution in [0.25, 0.3) is 11.4 Å². The molecule has 0 fully saturated rings. The Morgan fingerprint density at radius 2 is 1.76 bits per heavy atom. The molecule has 4 rings (SSSR count). The predicted octanol–water partition coefficient (Wildman–Crippen LogP) is 3.51. The first-order valence-electron chi connectivity index (χ1n) is 10.2. The quantitative estimate of drug-likeness (QED) is 0.439. The number of benzene rings is 3. The van der Waals surface area contributed by atoms with Crippen LogP contribution in [0.4, 0.5) is 5.69 Å². The van der Waals surface area contributed by atoms with Crippen LogP contribution in [0.1, 0.15) is 15.9 Å². The second kappa shape index (κ2) is 10.1. The third-order valence-corrected chi connectivity index (χ3v) is 5.27. The van der Waals surface area contributed by atoms with Gasteiger partial charge in [-0.15, -0.1) is 5.10 Å². The lowest BCUT2D eigenvalue weighted by Gasteiger charge is -2.19. The standard InChI is InChI=1S/C24H21ClN6O2/c1-31-22(28-29-30-31)18-8-5-9-20(15-18)26-24(33)21(14-16-6-3-2-4-7-16)27-23(32)17-10-12-19(25)13-11-17/h2-13,15,21H,14H2,1H3,(H,26,33)(H,27,32). The third-order valence-electron chi connectivity index (χ3n) is 5.02. The van der Waals surface area contributed by atoms with Crippen LogP contribution in [0.2, 0.25) is 5.02 Å². The van der Waals surface area contributed by atoms with Gasteiger partial charge in [-0.05, 0) is 52.4 Å². The molecule has 0 spiro atoms. The number of tetrazole rings is 1. The Kier molecular flexibility index (Phi) is 6.75. The number of aromatic nitrogens is 4. The maximum Gasteiger partial charge on any atom is 0.251 e. The van der Waals surface area contributed by atoms with E-state index < -0.39 is 6.04 Å². The normalized spacial score (nSPS) is 11.6. The van der Waals surface area contributed by atoms with Gasteiger partial charge in [0.15, 0.2) is 5.82 Å². The van der Waals surface area contributed by atoms with Crippen LogP contribution in [0, 0.1) is 0 Å². The fraction of sp³-hybridized carbons (Fsp3) is 0.125. The molecule has 0 bridgehead atoms. The number of nitrogens with zero attached hydrogens (tertiary/aromatic N) is 4. The SMILES string of the molecule is Cn1nnnc1-c1cccc(NC(=O)C(Cc2ccccc2)NC(=O)c2ccc(Cl)cc2)c1. The first-order valence-corrected chi connectivity index (χ1v) is 10.6. The lowest BCUT2D eigenvalue weighted by molar-refractivity contribution is -0.118. The summed E-state index contributed by atoms with van der Waals surface area (Å²) in [5.74, 6) is -0.126.